The van der Waals surface area contributed by atoms with Gasteiger partial charge in [0.25, 0.3) is 0 Å². The molecule has 1 rings (SSSR count). The third-order valence-corrected chi connectivity index (χ3v) is 3.09. The number of carbonyl (C=O) groups excluding carboxylic acids is 1. The summed E-state index contributed by atoms with van der Waals surface area (Å²) in [4.78, 5) is 21.7. The minimum Gasteiger partial charge on any atom is -0.480 e. The SMILES string of the molecule is CC(NC(=O)NCCOCC(=O)O)C1CCOCC1. The van der Waals surface area contributed by atoms with Crippen LogP contribution in [0.4, 0.5) is 4.79 Å². The summed E-state index contributed by atoms with van der Waals surface area (Å²) in [5.41, 5.74) is 0. The first-order valence-corrected chi connectivity index (χ1v) is 6.51. The minimum absolute atomic E-state index is 0.101. The molecule has 1 atom stereocenters. The monoisotopic (exact) mass is 274 g/mol. The highest BCUT2D eigenvalue weighted by Crippen LogP contribution is 2.18. The standard InChI is InChI=1S/C12H22N2O5/c1-9(10-2-5-18-6-3-10)14-12(17)13-4-7-19-8-11(15)16/h9-10H,2-8H2,1H3,(H,15,16)(H2,13,14,17). The van der Waals surface area contributed by atoms with E-state index in [4.69, 9.17) is 14.6 Å². The predicted octanol–water partition coefficient (Wildman–Crippen LogP) is 0.202. The maximum absolute atomic E-state index is 11.6. The second kappa shape index (κ2) is 8.71. The van der Waals surface area contributed by atoms with Crippen LogP contribution in [0.1, 0.15) is 19.8 Å². The topological polar surface area (TPSA) is 96.9 Å². The van der Waals surface area contributed by atoms with E-state index in [0.29, 0.717) is 12.5 Å². The maximum atomic E-state index is 11.6. The fourth-order valence-corrected chi connectivity index (χ4v) is 1.99. The molecule has 0 aromatic rings. The number of nitrogens with one attached hydrogen (secondary N) is 2. The lowest BCUT2D eigenvalue weighted by atomic mass is 9.93. The van der Waals surface area contributed by atoms with Gasteiger partial charge in [-0.05, 0) is 25.7 Å². The quantitative estimate of drug-likeness (QED) is 0.576. The van der Waals surface area contributed by atoms with Gasteiger partial charge >= 0.3 is 12.0 Å². The van der Waals surface area contributed by atoms with Gasteiger partial charge in [0, 0.05) is 25.8 Å². The van der Waals surface area contributed by atoms with Crippen LogP contribution in [0.15, 0.2) is 0 Å². The molecule has 1 heterocycles. The molecule has 0 saturated carbocycles. The van der Waals surface area contributed by atoms with Gasteiger partial charge in [0.1, 0.15) is 6.61 Å². The van der Waals surface area contributed by atoms with Crippen molar-refractivity contribution in [2.45, 2.75) is 25.8 Å². The van der Waals surface area contributed by atoms with Crippen molar-refractivity contribution >= 4 is 12.0 Å². The number of carboxylic acids is 1. The Labute approximate surface area is 112 Å². The predicted molar refractivity (Wildman–Crippen MR) is 68.0 cm³/mol. The van der Waals surface area contributed by atoms with Crippen LogP contribution in [0.25, 0.3) is 0 Å². The lowest BCUT2D eigenvalue weighted by Crippen LogP contribution is -2.46. The molecule has 7 heteroatoms. The first kappa shape index (κ1) is 15.7. The average Bonchev–Trinajstić information content (AvgIpc) is 2.39. The van der Waals surface area contributed by atoms with Crippen LogP contribution >= 0.6 is 0 Å². The third-order valence-electron chi connectivity index (χ3n) is 3.09. The van der Waals surface area contributed by atoms with Gasteiger partial charge in [0.2, 0.25) is 0 Å². The zero-order valence-electron chi connectivity index (χ0n) is 11.2. The van der Waals surface area contributed by atoms with Crippen molar-refractivity contribution in [1.29, 1.82) is 0 Å². The number of urea groups is 1. The zero-order valence-corrected chi connectivity index (χ0v) is 11.2. The Hall–Kier alpha value is -1.34. The Balaban J connectivity index is 2.07. The molecule has 1 aliphatic heterocycles. The molecule has 1 aliphatic rings. The van der Waals surface area contributed by atoms with Gasteiger partial charge in [0.15, 0.2) is 0 Å². The van der Waals surface area contributed by atoms with Crippen LogP contribution in [-0.2, 0) is 14.3 Å². The summed E-state index contributed by atoms with van der Waals surface area (Å²) in [5, 5.41) is 13.8. The number of ether oxygens (including phenoxy) is 2. The fourth-order valence-electron chi connectivity index (χ4n) is 1.99. The second-order valence-corrected chi connectivity index (χ2v) is 4.59. The highest BCUT2D eigenvalue weighted by atomic mass is 16.5. The number of rotatable bonds is 7. The zero-order chi connectivity index (χ0) is 14.1. The Kier molecular flexibility index (Phi) is 7.20. The van der Waals surface area contributed by atoms with Gasteiger partial charge in [-0.15, -0.1) is 0 Å². The molecule has 0 radical (unpaired) electrons. The molecule has 2 amide bonds. The van der Waals surface area contributed by atoms with Crippen LogP contribution in [0, 0.1) is 5.92 Å². The second-order valence-electron chi connectivity index (χ2n) is 4.59. The molecule has 110 valence electrons. The smallest absolute Gasteiger partial charge is 0.329 e. The molecule has 1 fully saturated rings. The number of amides is 2. The number of aliphatic carboxylic acids is 1. The normalized spacial score (nSPS) is 17.7. The molecule has 0 bridgehead atoms. The van der Waals surface area contributed by atoms with E-state index in [0.717, 1.165) is 26.1 Å². The summed E-state index contributed by atoms with van der Waals surface area (Å²) in [6.45, 7) is 3.62. The molecule has 1 saturated heterocycles. The Bertz CT molecular complexity index is 292. The van der Waals surface area contributed by atoms with Crippen molar-refractivity contribution in [2.24, 2.45) is 5.92 Å². The molecule has 19 heavy (non-hydrogen) atoms. The molecule has 0 spiro atoms. The molecule has 3 N–H and O–H groups in total. The van der Waals surface area contributed by atoms with E-state index < -0.39 is 5.97 Å². The first-order valence-electron chi connectivity index (χ1n) is 6.51. The van der Waals surface area contributed by atoms with E-state index in [2.05, 4.69) is 10.6 Å². The van der Waals surface area contributed by atoms with E-state index in [1.807, 2.05) is 6.92 Å². The largest absolute Gasteiger partial charge is 0.480 e. The van der Waals surface area contributed by atoms with Crippen LogP contribution < -0.4 is 10.6 Å². The van der Waals surface area contributed by atoms with Gasteiger partial charge in [-0.25, -0.2) is 9.59 Å². The van der Waals surface area contributed by atoms with Gasteiger partial charge in [-0.3, -0.25) is 0 Å². The first-order chi connectivity index (χ1) is 9.09. The van der Waals surface area contributed by atoms with Gasteiger partial charge < -0.3 is 25.2 Å². The number of carbonyl (C=O) groups is 2. The minimum atomic E-state index is -1.02. The lowest BCUT2D eigenvalue weighted by molar-refractivity contribution is -0.142. The van der Waals surface area contributed by atoms with Gasteiger partial charge in [-0.1, -0.05) is 0 Å². The third kappa shape index (κ3) is 6.97. The average molecular weight is 274 g/mol. The summed E-state index contributed by atoms with van der Waals surface area (Å²) in [6.07, 6.45) is 1.92. The molecule has 0 aliphatic carbocycles. The summed E-state index contributed by atoms with van der Waals surface area (Å²) in [5.74, 6) is -0.569. The Morgan fingerprint density at radius 2 is 2.11 bits per heavy atom. The number of carboxylic acid groups (broad SMARTS) is 1. The van der Waals surface area contributed by atoms with Crippen molar-refractivity contribution in [3.8, 4) is 0 Å². The molecule has 0 aromatic heterocycles. The van der Waals surface area contributed by atoms with Crippen molar-refractivity contribution in [2.75, 3.05) is 33.0 Å². The molecule has 7 nitrogen and oxygen atoms in total. The number of hydrogen-bond donors (Lipinski definition) is 3. The maximum Gasteiger partial charge on any atom is 0.329 e. The van der Waals surface area contributed by atoms with Crippen molar-refractivity contribution in [1.82, 2.24) is 10.6 Å². The van der Waals surface area contributed by atoms with E-state index >= 15 is 0 Å². The van der Waals surface area contributed by atoms with Gasteiger partial charge in [-0.2, -0.15) is 0 Å². The Morgan fingerprint density at radius 3 is 2.74 bits per heavy atom. The van der Waals surface area contributed by atoms with Crippen molar-refractivity contribution in [3.63, 3.8) is 0 Å². The highest BCUT2D eigenvalue weighted by Gasteiger charge is 2.21. The van der Waals surface area contributed by atoms with E-state index in [1.54, 1.807) is 0 Å². The fraction of sp³-hybridized carbons (Fsp3) is 0.833. The molecular weight excluding hydrogens is 252 g/mol. The van der Waals surface area contributed by atoms with E-state index in [9.17, 15) is 9.59 Å². The van der Waals surface area contributed by atoms with Crippen molar-refractivity contribution < 1.29 is 24.2 Å². The lowest BCUT2D eigenvalue weighted by Gasteiger charge is -2.28. The summed E-state index contributed by atoms with van der Waals surface area (Å²) in [7, 11) is 0. The summed E-state index contributed by atoms with van der Waals surface area (Å²) in [6, 6.07) is -0.151. The van der Waals surface area contributed by atoms with Gasteiger partial charge in [0.05, 0.1) is 6.61 Å². The van der Waals surface area contributed by atoms with E-state index in [1.165, 1.54) is 0 Å². The Morgan fingerprint density at radius 1 is 1.42 bits per heavy atom. The van der Waals surface area contributed by atoms with Crippen LogP contribution in [0.3, 0.4) is 0 Å². The molecular formula is C12H22N2O5. The molecule has 0 aromatic carbocycles. The summed E-state index contributed by atoms with van der Waals surface area (Å²) >= 11 is 0. The molecule has 1 unspecified atom stereocenters. The highest BCUT2D eigenvalue weighted by molar-refractivity contribution is 5.74. The van der Waals surface area contributed by atoms with Crippen LogP contribution in [0.5, 0.6) is 0 Å². The number of hydrogen-bond acceptors (Lipinski definition) is 4. The van der Waals surface area contributed by atoms with Crippen molar-refractivity contribution in [3.05, 3.63) is 0 Å². The van der Waals surface area contributed by atoms with E-state index in [-0.39, 0.29) is 25.3 Å². The van der Waals surface area contributed by atoms with Crippen LogP contribution in [-0.4, -0.2) is 56.1 Å². The van der Waals surface area contributed by atoms with Crippen LogP contribution in [0.2, 0.25) is 0 Å². The summed E-state index contributed by atoms with van der Waals surface area (Å²) < 4.78 is 10.1.